The van der Waals surface area contributed by atoms with Gasteiger partial charge in [0.15, 0.2) is 11.2 Å². The molecule has 154 valence electrons. The van der Waals surface area contributed by atoms with E-state index < -0.39 is 10.2 Å². The maximum Gasteiger partial charge on any atom is 0.388 e. The van der Waals surface area contributed by atoms with Crippen molar-refractivity contribution < 1.29 is 33.3 Å². The molecule has 1 aliphatic rings. The first-order valence-corrected chi connectivity index (χ1v) is 11.6. The molecular weight excluding hydrogens is 446 g/mol. The molecule has 0 saturated carbocycles. The minimum absolute atomic E-state index is 1.04. The molecule has 1 aliphatic heterocycles. The molecule has 4 aromatic rings. The van der Waals surface area contributed by atoms with Gasteiger partial charge < -0.3 is 4.90 Å². The van der Waals surface area contributed by atoms with Crippen LogP contribution in [0.5, 0.6) is 0 Å². The molecule has 2 aromatic carbocycles. The lowest BCUT2D eigenvalue weighted by Crippen LogP contribution is -2.68. The van der Waals surface area contributed by atoms with E-state index in [1.165, 1.54) is 31.5 Å². The lowest BCUT2D eigenvalue weighted by molar-refractivity contribution is -2.00. The van der Waals surface area contributed by atoms with Gasteiger partial charge in [0.2, 0.25) is 0 Å². The predicted molar refractivity (Wildman–Crippen MR) is 106 cm³/mol. The van der Waals surface area contributed by atoms with Crippen LogP contribution in [-0.4, -0.2) is 12.0 Å². The van der Waals surface area contributed by atoms with Gasteiger partial charge in [-0.05, 0) is 40.6 Å². The molecule has 2 aromatic heterocycles. The number of hydrogen-bond acceptors (Lipinski definition) is 8. The lowest BCUT2D eigenvalue weighted by atomic mass is 10.3. The summed E-state index contributed by atoms with van der Waals surface area (Å²) < 4.78 is 37.5. The highest BCUT2D eigenvalue weighted by Gasteiger charge is 2.24. The topological polar surface area (TPSA) is 112 Å². The Hall–Kier alpha value is -2.24. The van der Waals surface area contributed by atoms with Gasteiger partial charge in [-0.15, -0.1) is 10.2 Å². The van der Waals surface area contributed by atoms with Gasteiger partial charge >= 0.3 is 4.96 Å². The van der Waals surface area contributed by atoms with Crippen LogP contribution in [0.15, 0.2) is 64.5 Å². The fourth-order valence-electron chi connectivity index (χ4n) is 3.24. The number of aromatic nitrogens is 2. The largest absolute Gasteiger partial charge is 0.388 e. The predicted octanol–water partition coefficient (Wildman–Crippen LogP) is 0.128. The van der Waals surface area contributed by atoms with Crippen LogP contribution < -0.4 is 27.9 Å². The van der Waals surface area contributed by atoms with Gasteiger partial charge in [0, 0.05) is 31.0 Å². The van der Waals surface area contributed by atoms with Crippen molar-refractivity contribution in [1.29, 1.82) is 0 Å². The first-order valence-electron chi connectivity index (χ1n) is 8.76. The van der Waals surface area contributed by atoms with Crippen LogP contribution in [-0.2, 0) is 0 Å². The standard InChI is InChI=1S/C20H16N3S2.ClHO4/c1-13-11-14(12-19-22(2)15-7-3-5-9-17(15)24-19)23-16-8-4-6-10-18(16)25-20(23)21-13;2-1(3,4)5/h3-12H,1-2H3;(H,2,3,4,5)/q+1;/p-1. The zero-order chi connectivity index (χ0) is 21.5. The number of nitrogens with zero attached hydrogens (tertiary/aromatic N) is 3. The van der Waals surface area contributed by atoms with Gasteiger partial charge in [0.1, 0.15) is 5.69 Å². The van der Waals surface area contributed by atoms with Crippen LogP contribution >= 0.6 is 23.1 Å². The normalized spacial score (nSPS) is 14.9. The number of benzene rings is 2. The van der Waals surface area contributed by atoms with Crippen LogP contribution in [0.25, 0.3) is 21.3 Å². The Balaban J connectivity index is 0.000000393. The molecule has 0 radical (unpaired) electrons. The summed E-state index contributed by atoms with van der Waals surface area (Å²) in [5.74, 6) is 0. The molecule has 0 fully saturated rings. The smallest absolute Gasteiger partial charge is 0.338 e. The third kappa shape index (κ3) is 4.42. The summed E-state index contributed by atoms with van der Waals surface area (Å²) in [6.45, 7) is 2.06. The minimum Gasteiger partial charge on any atom is -0.338 e. The molecule has 7 nitrogen and oxygen atoms in total. The summed E-state index contributed by atoms with van der Waals surface area (Å²) in [7, 11) is -2.81. The molecule has 0 atom stereocenters. The molecule has 10 heteroatoms. The van der Waals surface area contributed by atoms with Gasteiger partial charge in [-0.25, -0.2) is 18.6 Å². The van der Waals surface area contributed by atoms with E-state index in [-0.39, 0.29) is 0 Å². The lowest BCUT2D eigenvalue weighted by Gasteiger charge is -2.17. The van der Waals surface area contributed by atoms with Crippen LogP contribution in [0.3, 0.4) is 0 Å². The van der Waals surface area contributed by atoms with Crippen molar-refractivity contribution in [2.45, 2.75) is 11.8 Å². The number of anilines is 1. The van der Waals surface area contributed by atoms with Crippen LogP contribution in [0, 0.1) is 17.2 Å². The Morgan fingerprint density at radius 3 is 2.43 bits per heavy atom. The fraction of sp³-hybridized carbons (Fsp3) is 0.100. The third-order valence-corrected chi connectivity index (χ3v) is 6.62. The molecule has 0 N–H and O–H groups in total. The highest BCUT2D eigenvalue weighted by molar-refractivity contribution is 8.03. The van der Waals surface area contributed by atoms with Gasteiger partial charge in [-0.2, -0.15) is 4.40 Å². The van der Waals surface area contributed by atoms with Crippen molar-refractivity contribution in [3.8, 4) is 0 Å². The molecule has 0 bridgehead atoms. The second-order valence-electron chi connectivity index (χ2n) is 6.50. The summed E-state index contributed by atoms with van der Waals surface area (Å²) in [6, 6.07) is 19.2. The van der Waals surface area contributed by atoms with Gasteiger partial charge in [-0.1, -0.05) is 36.0 Å². The Labute approximate surface area is 182 Å². The zero-order valence-corrected chi connectivity index (χ0v) is 18.3. The number of fused-ring (bicyclic) bond motifs is 4. The number of hydrogen-bond donors (Lipinski definition) is 0. The van der Waals surface area contributed by atoms with E-state index in [0.29, 0.717) is 0 Å². The first-order chi connectivity index (χ1) is 14.2. The monoisotopic (exact) mass is 461 g/mol. The van der Waals surface area contributed by atoms with Crippen molar-refractivity contribution in [3.05, 3.63) is 71.0 Å². The van der Waals surface area contributed by atoms with E-state index in [1.54, 1.807) is 11.3 Å². The average molecular weight is 462 g/mol. The molecule has 0 saturated heterocycles. The summed E-state index contributed by atoms with van der Waals surface area (Å²) >= 11 is 3.56. The SMILES string of the molecule is Cc1cc(/C=C2\Sc3ccccc3N2C)[n+]2c(n1)sc1ccccc12.[O-][Cl+3]([O-])([O-])[O-]. The van der Waals surface area contributed by atoms with Crippen molar-refractivity contribution in [3.63, 3.8) is 0 Å². The second-order valence-corrected chi connectivity index (χ2v) is 9.33. The van der Waals surface area contributed by atoms with E-state index in [9.17, 15) is 0 Å². The summed E-state index contributed by atoms with van der Waals surface area (Å²) in [6.07, 6.45) is 2.27. The van der Waals surface area contributed by atoms with Gasteiger partial charge in [0.05, 0.1) is 15.4 Å². The maximum atomic E-state index is 8.49. The number of thioether (sulfide) groups is 1. The number of thiazole rings is 1. The van der Waals surface area contributed by atoms with Crippen molar-refractivity contribution in [1.82, 2.24) is 4.98 Å². The van der Waals surface area contributed by atoms with Crippen LogP contribution in [0.2, 0.25) is 0 Å². The Kier molecular flexibility index (Phi) is 5.69. The van der Waals surface area contributed by atoms with Gasteiger partial charge in [0.25, 0.3) is 0 Å². The number of para-hydroxylation sites is 2. The number of aryl methyl sites for hydroxylation is 1. The van der Waals surface area contributed by atoms with Crippen LogP contribution in [0.4, 0.5) is 5.69 Å². The highest BCUT2D eigenvalue weighted by Crippen LogP contribution is 2.45. The minimum atomic E-state index is -4.94. The molecular formula is C20H16ClN3O4S2. The summed E-state index contributed by atoms with van der Waals surface area (Å²) in [4.78, 5) is 9.34. The van der Waals surface area contributed by atoms with E-state index in [0.717, 1.165) is 10.7 Å². The Bertz CT molecular complexity index is 1260. The quantitative estimate of drug-likeness (QED) is 0.370. The number of halogens is 1. The number of rotatable bonds is 1. The van der Waals surface area contributed by atoms with E-state index in [4.69, 9.17) is 23.6 Å². The first kappa shape index (κ1) is 21.0. The van der Waals surface area contributed by atoms with Crippen molar-refractivity contribution in [2.24, 2.45) is 0 Å². The van der Waals surface area contributed by atoms with Crippen molar-refractivity contribution >= 4 is 50.0 Å². The summed E-state index contributed by atoms with van der Waals surface area (Å²) in [5, 5.41) is 1.23. The van der Waals surface area contributed by atoms with E-state index >= 15 is 0 Å². The second kappa shape index (κ2) is 8.12. The molecule has 5 rings (SSSR count). The molecule has 0 unspecified atom stereocenters. The molecule has 0 amide bonds. The van der Waals surface area contributed by atoms with Crippen molar-refractivity contribution in [2.75, 3.05) is 11.9 Å². The average Bonchev–Trinajstić information content (AvgIpc) is 3.18. The van der Waals surface area contributed by atoms with E-state index in [2.05, 4.69) is 83.9 Å². The molecule has 0 spiro atoms. The fourth-order valence-corrected chi connectivity index (χ4v) is 5.43. The molecule has 30 heavy (non-hydrogen) atoms. The molecule has 0 aliphatic carbocycles. The summed E-state index contributed by atoms with van der Waals surface area (Å²) in [5.41, 5.74) is 4.69. The maximum absolute atomic E-state index is 8.49. The molecule has 3 heterocycles. The zero-order valence-electron chi connectivity index (χ0n) is 15.9. The van der Waals surface area contributed by atoms with E-state index in [1.807, 2.05) is 11.8 Å². The highest BCUT2D eigenvalue weighted by atomic mass is 35.7. The Morgan fingerprint density at radius 1 is 1.03 bits per heavy atom. The third-order valence-electron chi connectivity index (χ3n) is 4.43. The Morgan fingerprint density at radius 2 is 1.70 bits per heavy atom. The van der Waals surface area contributed by atoms with Crippen LogP contribution in [0.1, 0.15) is 11.4 Å². The van der Waals surface area contributed by atoms with Gasteiger partial charge in [-0.3, -0.25) is 0 Å².